The van der Waals surface area contributed by atoms with Gasteiger partial charge in [0.25, 0.3) is 0 Å². The molecule has 0 aliphatic carbocycles. The van der Waals surface area contributed by atoms with Gasteiger partial charge < -0.3 is 0 Å². The molecule has 3 heterocycles. The van der Waals surface area contributed by atoms with E-state index < -0.39 is 10.0 Å². The normalized spacial score (nSPS) is 18.0. The minimum atomic E-state index is -3.49. The third kappa shape index (κ3) is 2.44. The second-order valence-electron chi connectivity index (χ2n) is 5.64. The minimum Gasteiger partial charge on any atom is -0.271 e. The molecular formula is C13H20N6O2S. The highest BCUT2D eigenvalue weighted by Gasteiger charge is 2.33. The highest BCUT2D eigenvalue weighted by molar-refractivity contribution is 7.89. The Bertz CT molecular complexity index is 757. The van der Waals surface area contributed by atoms with E-state index in [4.69, 9.17) is 0 Å². The van der Waals surface area contributed by atoms with Crippen molar-refractivity contribution in [1.29, 1.82) is 0 Å². The van der Waals surface area contributed by atoms with E-state index in [9.17, 15) is 8.42 Å². The molecular weight excluding hydrogens is 304 g/mol. The first kappa shape index (κ1) is 15.2. The molecule has 0 amide bonds. The molecule has 0 bridgehead atoms. The summed E-state index contributed by atoms with van der Waals surface area (Å²) in [4.78, 5) is 0.342. The Morgan fingerprint density at radius 3 is 2.41 bits per heavy atom. The van der Waals surface area contributed by atoms with Gasteiger partial charge in [-0.05, 0) is 26.7 Å². The van der Waals surface area contributed by atoms with Crippen molar-refractivity contribution in [2.24, 2.45) is 7.05 Å². The first-order chi connectivity index (χ1) is 10.4. The zero-order valence-corrected chi connectivity index (χ0v) is 13.8. The molecule has 3 rings (SSSR count). The minimum absolute atomic E-state index is 0.213. The summed E-state index contributed by atoms with van der Waals surface area (Å²) >= 11 is 0. The number of piperidine rings is 1. The van der Waals surface area contributed by atoms with Crippen molar-refractivity contribution in [1.82, 2.24) is 29.1 Å². The van der Waals surface area contributed by atoms with Crippen LogP contribution in [0, 0.1) is 13.8 Å². The van der Waals surface area contributed by atoms with Crippen molar-refractivity contribution >= 4 is 10.0 Å². The summed E-state index contributed by atoms with van der Waals surface area (Å²) in [5.41, 5.74) is 1.23. The largest absolute Gasteiger partial charge is 0.271 e. The second-order valence-corrected chi connectivity index (χ2v) is 7.52. The average Bonchev–Trinajstić information content (AvgIpc) is 3.08. The lowest BCUT2D eigenvalue weighted by Crippen LogP contribution is -2.39. The second kappa shape index (κ2) is 5.47. The SMILES string of the molecule is Cc1nn(C)c(C)c1S(=O)(=O)N1CCC(n2ccnn2)CC1. The molecule has 2 aromatic heterocycles. The summed E-state index contributed by atoms with van der Waals surface area (Å²) < 4.78 is 30.7. The van der Waals surface area contributed by atoms with Crippen LogP contribution < -0.4 is 0 Å². The fourth-order valence-electron chi connectivity index (χ4n) is 3.02. The van der Waals surface area contributed by atoms with Crippen molar-refractivity contribution in [3.05, 3.63) is 23.8 Å². The molecule has 1 saturated heterocycles. The van der Waals surface area contributed by atoms with Crippen LogP contribution in [0.1, 0.15) is 30.3 Å². The molecule has 1 fully saturated rings. The first-order valence-electron chi connectivity index (χ1n) is 7.27. The lowest BCUT2D eigenvalue weighted by molar-refractivity contribution is 0.258. The Morgan fingerprint density at radius 2 is 1.91 bits per heavy atom. The summed E-state index contributed by atoms with van der Waals surface area (Å²) in [7, 11) is -1.73. The van der Waals surface area contributed by atoms with Crippen molar-refractivity contribution in [2.45, 2.75) is 37.6 Å². The smallest absolute Gasteiger partial charge is 0.246 e. The molecule has 0 spiro atoms. The van der Waals surface area contributed by atoms with Gasteiger partial charge in [0.05, 0.1) is 23.6 Å². The third-order valence-electron chi connectivity index (χ3n) is 4.28. The van der Waals surface area contributed by atoms with Crippen molar-refractivity contribution in [2.75, 3.05) is 13.1 Å². The van der Waals surface area contributed by atoms with Gasteiger partial charge >= 0.3 is 0 Å². The van der Waals surface area contributed by atoms with Crippen LogP contribution in [0.4, 0.5) is 0 Å². The highest BCUT2D eigenvalue weighted by Crippen LogP contribution is 2.28. The van der Waals surface area contributed by atoms with Crippen LogP contribution in [0.5, 0.6) is 0 Å². The zero-order valence-electron chi connectivity index (χ0n) is 13.0. The fraction of sp³-hybridized carbons (Fsp3) is 0.615. The molecule has 8 nitrogen and oxygen atoms in total. The molecule has 1 aliphatic heterocycles. The maximum absolute atomic E-state index is 12.9. The van der Waals surface area contributed by atoms with Gasteiger partial charge in [0.15, 0.2) is 0 Å². The fourth-order valence-corrected chi connectivity index (χ4v) is 4.89. The maximum Gasteiger partial charge on any atom is 0.246 e. The van der Waals surface area contributed by atoms with Crippen LogP contribution in [-0.4, -0.2) is 50.6 Å². The summed E-state index contributed by atoms with van der Waals surface area (Å²) in [6, 6.07) is 0.213. The van der Waals surface area contributed by atoms with Gasteiger partial charge in [0, 0.05) is 26.3 Å². The lowest BCUT2D eigenvalue weighted by atomic mass is 10.1. The maximum atomic E-state index is 12.9. The number of nitrogens with zero attached hydrogens (tertiary/aromatic N) is 6. The van der Waals surface area contributed by atoms with E-state index >= 15 is 0 Å². The van der Waals surface area contributed by atoms with Crippen LogP contribution in [0.15, 0.2) is 17.3 Å². The van der Waals surface area contributed by atoms with Crippen LogP contribution >= 0.6 is 0 Å². The molecule has 0 saturated carbocycles. The van der Waals surface area contributed by atoms with Gasteiger partial charge in [0.1, 0.15) is 4.90 Å². The Morgan fingerprint density at radius 1 is 1.23 bits per heavy atom. The molecule has 0 N–H and O–H groups in total. The average molecular weight is 324 g/mol. The monoisotopic (exact) mass is 324 g/mol. The van der Waals surface area contributed by atoms with Crippen LogP contribution in [0.3, 0.4) is 0 Å². The molecule has 0 unspecified atom stereocenters. The zero-order chi connectivity index (χ0) is 15.9. The molecule has 1 aliphatic rings. The standard InChI is InChI=1S/C13H20N6O2S/c1-10-13(11(2)17(3)15-10)22(20,21)18-7-4-12(5-8-18)19-9-6-14-16-19/h6,9,12H,4-5,7-8H2,1-3H3. The van der Waals surface area contributed by atoms with Gasteiger partial charge in [-0.1, -0.05) is 5.21 Å². The van der Waals surface area contributed by atoms with Gasteiger partial charge in [-0.3, -0.25) is 4.68 Å². The van der Waals surface area contributed by atoms with Gasteiger partial charge in [-0.15, -0.1) is 5.10 Å². The predicted octanol–water partition coefficient (Wildman–Crippen LogP) is 0.654. The van der Waals surface area contributed by atoms with Crippen molar-refractivity contribution < 1.29 is 8.42 Å². The van der Waals surface area contributed by atoms with E-state index in [0.29, 0.717) is 29.4 Å². The molecule has 0 aromatic carbocycles. The Balaban J connectivity index is 1.80. The van der Waals surface area contributed by atoms with E-state index in [-0.39, 0.29) is 6.04 Å². The molecule has 120 valence electrons. The molecule has 22 heavy (non-hydrogen) atoms. The van der Waals surface area contributed by atoms with E-state index in [1.165, 1.54) is 0 Å². The Labute approximate surface area is 129 Å². The van der Waals surface area contributed by atoms with Crippen molar-refractivity contribution in [3.8, 4) is 0 Å². The van der Waals surface area contributed by atoms with E-state index in [1.807, 2.05) is 10.9 Å². The third-order valence-corrected chi connectivity index (χ3v) is 6.43. The van der Waals surface area contributed by atoms with Crippen LogP contribution in [0.25, 0.3) is 0 Å². The number of rotatable bonds is 3. The summed E-state index contributed by atoms with van der Waals surface area (Å²) in [6.45, 7) is 4.50. The van der Waals surface area contributed by atoms with Gasteiger partial charge in [-0.2, -0.15) is 9.40 Å². The number of aromatic nitrogens is 5. The van der Waals surface area contributed by atoms with E-state index in [0.717, 1.165) is 12.8 Å². The van der Waals surface area contributed by atoms with Crippen LogP contribution in [-0.2, 0) is 17.1 Å². The summed E-state index contributed by atoms with van der Waals surface area (Å²) in [6.07, 6.45) is 4.94. The molecule has 2 aromatic rings. The van der Waals surface area contributed by atoms with Gasteiger partial charge in [-0.25, -0.2) is 13.1 Å². The number of hydrogen-bond donors (Lipinski definition) is 0. The Hall–Kier alpha value is -1.74. The summed E-state index contributed by atoms with van der Waals surface area (Å²) in [5, 5.41) is 12.0. The quantitative estimate of drug-likeness (QED) is 0.827. The van der Waals surface area contributed by atoms with Gasteiger partial charge in [0.2, 0.25) is 10.0 Å². The number of sulfonamides is 1. The molecule has 9 heteroatoms. The number of aryl methyl sites for hydroxylation is 2. The lowest BCUT2D eigenvalue weighted by Gasteiger charge is -2.31. The molecule has 0 atom stereocenters. The highest BCUT2D eigenvalue weighted by atomic mass is 32.2. The van der Waals surface area contributed by atoms with E-state index in [2.05, 4.69) is 15.4 Å². The van der Waals surface area contributed by atoms with Crippen molar-refractivity contribution in [3.63, 3.8) is 0 Å². The van der Waals surface area contributed by atoms with Crippen LogP contribution in [0.2, 0.25) is 0 Å². The predicted molar refractivity (Wildman–Crippen MR) is 79.7 cm³/mol. The molecule has 0 radical (unpaired) electrons. The number of hydrogen-bond acceptors (Lipinski definition) is 5. The van der Waals surface area contributed by atoms with E-state index in [1.54, 1.807) is 36.1 Å². The topological polar surface area (TPSA) is 85.9 Å². The Kier molecular flexibility index (Phi) is 3.77. The first-order valence-corrected chi connectivity index (χ1v) is 8.71. The summed E-state index contributed by atoms with van der Waals surface area (Å²) in [5.74, 6) is 0.